The van der Waals surface area contributed by atoms with E-state index in [1.54, 1.807) is 0 Å². The zero-order valence-electron chi connectivity index (χ0n) is 17.9. The number of amides is 1. The van der Waals surface area contributed by atoms with Gasteiger partial charge in [0.1, 0.15) is 18.4 Å². The largest absolute Gasteiger partial charge is 0.326 e. The topological polar surface area (TPSA) is 62.3 Å². The summed E-state index contributed by atoms with van der Waals surface area (Å²) in [6.07, 6.45) is 0. The van der Waals surface area contributed by atoms with Crippen LogP contribution in [0.25, 0.3) is 0 Å². The number of nitriles is 1. The molecule has 3 aromatic rings. The number of hydrogen-bond donors (Lipinski definition) is 2. The van der Waals surface area contributed by atoms with Crippen LogP contribution in [0.2, 0.25) is 0 Å². The first-order valence-corrected chi connectivity index (χ1v) is 10.3. The molecule has 0 saturated heterocycles. The van der Waals surface area contributed by atoms with Gasteiger partial charge < -0.3 is 14.8 Å². The molecule has 5 nitrogen and oxygen atoms in total. The monoisotopic (exact) mass is 401 g/mol. The number of quaternary nitrogens is 1. The van der Waals surface area contributed by atoms with E-state index in [1.165, 1.54) is 10.5 Å². The summed E-state index contributed by atoms with van der Waals surface area (Å²) in [5.74, 6) is 0.516. The van der Waals surface area contributed by atoms with E-state index < -0.39 is 0 Å². The zero-order chi connectivity index (χ0) is 21.5. The van der Waals surface area contributed by atoms with Crippen LogP contribution in [0, 0.1) is 25.2 Å². The molecule has 0 aliphatic heterocycles. The number of rotatable bonds is 8. The number of likely N-dealkylation sites (N-methyl/N-ethyl adjacent to an activating group) is 1. The van der Waals surface area contributed by atoms with Crippen LogP contribution in [0.3, 0.4) is 0 Å². The van der Waals surface area contributed by atoms with Gasteiger partial charge in [-0.25, -0.2) is 0 Å². The van der Waals surface area contributed by atoms with Crippen LogP contribution in [0.5, 0.6) is 0 Å². The molecule has 0 radical (unpaired) electrons. The predicted octanol–water partition coefficient (Wildman–Crippen LogP) is 3.07. The van der Waals surface area contributed by atoms with Crippen LogP contribution in [0.1, 0.15) is 34.9 Å². The summed E-state index contributed by atoms with van der Waals surface area (Å²) in [7, 11) is 0. The van der Waals surface area contributed by atoms with Crippen molar-refractivity contribution < 1.29 is 9.69 Å². The summed E-state index contributed by atoms with van der Waals surface area (Å²) in [6, 6.07) is 22.6. The molecule has 1 atom stereocenters. The van der Waals surface area contributed by atoms with E-state index in [1.807, 2.05) is 54.8 Å². The third-order valence-corrected chi connectivity index (χ3v) is 5.59. The lowest BCUT2D eigenvalue weighted by Gasteiger charge is -2.18. The highest BCUT2D eigenvalue weighted by atomic mass is 16.2. The quantitative estimate of drug-likeness (QED) is 0.609. The summed E-state index contributed by atoms with van der Waals surface area (Å²) in [5.41, 5.74) is 4.78. The minimum Gasteiger partial charge on any atom is -0.326 e. The van der Waals surface area contributed by atoms with Gasteiger partial charge in [-0.1, -0.05) is 60.7 Å². The maximum Gasteiger partial charge on any atom is 0.280 e. The normalized spacial score (nSPS) is 11.7. The van der Waals surface area contributed by atoms with Crippen molar-refractivity contribution in [3.8, 4) is 6.07 Å². The van der Waals surface area contributed by atoms with Crippen LogP contribution in [0.15, 0.2) is 60.7 Å². The van der Waals surface area contributed by atoms with Crippen molar-refractivity contribution in [2.75, 3.05) is 18.4 Å². The lowest BCUT2D eigenvalue weighted by molar-refractivity contribution is -0.903. The predicted molar refractivity (Wildman–Crippen MR) is 119 cm³/mol. The Morgan fingerprint density at radius 3 is 2.20 bits per heavy atom. The average molecular weight is 402 g/mol. The second kappa shape index (κ2) is 9.91. The lowest BCUT2D eigenvalue weighted by atomic mass is 10.2. The number of benzene rings is 2. The van der Waals surface area contributed by atoms with E-state index in [2.05, 4.69) is 42.6 Å². The van der Waals surface area contributed by atoms with Crippen molar-refractivity contribution in [1.82, 2.24) is 4.57 Å². The Balaban J connectivity index is 1.80. The number of carbonyl (C=O) groups is 1. The number of anilines is 1. The average Bonchev–Trinajstić information content (AvgIpc) is 2.98. The lowest BCUT2D eigenvalue weighted by Crippen LogP contribution is -3.11. The SMILES string of the molecule is CC[NH+](CC(=O)Nc1c(C#N)c(C)c(C)n1Cc1ccccc1)Cc1ccccc1. The first kappa shape index (κ1) is 21.4. The summed E-state index contributed by atoms with van der Waals surface area (Å²) in [4.78, 5) is 14.1. The third-order valence-electron chi connectivity index (χ3n) is 5.59. The molecule has 1 unspecified atom stereocenters. The van der Waals surface area contributed by atoms with Crippen LogP contribution in [0.4, 0.5) is 5.82 Å². The fraction of sp³-hybridized carbons (Fsp3) is 0.280. The third kappa shape index (κ3) is 4.97. The van der Waals surface area contributed by atoms with Gasteiger partial charge in [-0.2, -0.15) is 5.26 Å². The molecule has 5 heteroatoms. The van der Waals surface area contributed by atoms with Crippen LogP contribution in [-0.2, 0) is 17.9 Å². The van der Waals surface area contributed by atoms with E-state index >= 15 is 0 Å². The van der Waals surface area contributed by atoms with Crippen molar-refractivity contribution in [2.45, 2.75) is 33.9 Å². The summed E-state index contributed by atoms with van der Waals surface area (Å²) < 4.78 is 2.03. The molecule has 154 valence electrons. The summed E-state index contributed by atoms with van der Waals surface area (Å²) >= 11 is 0. The van der Waals surface area contributed by atoms with E-state index in [0.717, 1.165) is 29.9 Å². The second-order valence-corrected chi connectivity index (χ2v) is 7.61. The number of nitrogens with zero attached hydrogens (tertiary/aromatic N) is 2. The van der Waals surface area contributed by atoms with Gasteiger partial charge in [0.2, 0.25) is 0 Å². The molecule has 0 bridgehead atoms. The van der Waals surface area contributed by atoms with Gasteiger partial charge in [-0.3, -0.25) is 4.79 Å². The Hall–Kier alpha value is -3.36. The van der Waals surface area contributed by atoms with Crippen molar-refractivity contribution in [1.29, 1.82) is 5.26 Å². The second-order valence-electron chi connectivity index (χ2n) is 7.61. The minimum absolute atomic E-state index is 0.0777. The highest BCUT2D eigenvalue weighted by Crippen LogP contribution is 2.27. The molecule has 0 spiro atoms. The van der Waals surface area contributed by atoms with Gasteiger partial charge in [-0.05, 0) is 31.9 Å². The molecule has 0 saturated carbocycles. The Morgan fingerprint density at radius 2 is 1.63 bits per heavy atom. The Morgan fingerprint density at radius 1 is 1.03 bits per heavy atom. The molecule has 2 aromatic carbocycles. The Labute approximate surface area is 178 Å². The van der Waals surface area contributed by atoms with Crippen molar-refractivity contribution >= 4 is 11.7 Å². The van der Waals surface area contributed by atoms with Gasteiger partial charge in [0, 0.05) is 17.8 Å². The van der Waals surface area contributed by atoms with Gasteiger partial charge >= 0.3 is 0 Å². The van der Waals surface area contributed by atoms with Crippen LogP contribution < -0.4 is 10.2 Å². The minimum atomic E-state index is -0.0777. The fourth-order valence-corrected chi connectivity index (χ4v) is 3.69. The van der Waals surface area contributed by atoms with Crippen molar-refractivity contribution in [3.05, 3.63) is 88.6 Å². The van der Waals surface area contributed by atoms with E-state index in [9.17, 15) is 10.1 Å². The number of aromatic nitrogens is 1. The molecular weight excluding hydrogens is 372 g/mol. The first-order valence-electron chi connectivity index (χ1n) is 10.3. The van der Waals surface area contributed by atoms with Gasteiger partial charge in [0.05, 0.1) is 12.1 Å². The highest BCUT2D eigenvalue weighted by Gasteiger charge is 2.21. The first-order chi connectivity index (χ1) is 14.5. The molecule has 1 heterocycles. The summed E-state index contributed by atoms with van der Waals surface area (Å²) in [5, 5.41) is 12.8. The molecule has 0 aliphatic carbocycles. The molecule has 0 aliphatic rings. The number of nitrogens with one attached hydrogen (secondary N) is 2. The summed E-state index contributed by atoms with van der Waals surface area (Å²) in [6.45, 7) is 8.61. The molecule has 1 aromatic heterocycles. The van der Waals surface area contributed by atoms with E-state index in [0.29, 0.717) is 24.5 Å². The maximum absolute atomic E-state index is 12.9. The number of carbonyl (C=O) groups excluding carboxylic acids is 1. The molecule has 3 rings (SSSR count). The smallest absolute Gasteiger partial charge is 0.280 e. The fourth-order valence-electron chi connectivity index (χ4n) is 3.69. The van der Waals surface area contributed by atoms with E-state index in [4.69, 9.17) is 0 Å². The Kier molecular flexibility index (Phi) is 7.05. The standard InChI is InChI=1S/C25H28N4O/c1-4-28(16-21-11-7-5-8-12-21)18-24(30)27-25-23(15-26)19(2)20(3)29(25)17-22-13-9-6-10-14-22/h5-14H,4,16-18H2,1-3H3,(H,27,30)/p+1. The van der Waals surface area contributed by atoms with E-state index in [-0.39, 0.29) is 5.91 Å². The van der Waals surface area contributed by atoms with Crippen LogP contribution >= 0.6 is 0 Å². The Bertz CT molecular complexity index is 1030. The van der Waals surface area contributed by atoms with Gasteiger partial charge in [0.15, 0.2) is 6.54 Å². The van der Waals surface area contributed by atoms with Crippen LogP contribution in [-0.4, -0.2) is 23.6 Å². The van der Waals surface area contributed by atoms with Gasteiger partial charge in [0.25, 0.3) is 5.91 Å². The maximum atomic E-state index is 12.9. The highest BCUT2D eigenvalue weighted by molar-refractivity contribution is 5.92. The molecule has 1 amide bonds. The number of hydrogen-bond acceptors (Lipinski definition) is 2. The van der Waals surface area contributed by atoms with Crippen molar-refractivity contribution in [3.63, 3.8) is 0 Å². The molecule has 2 N–H and O–H groups in total. The van der Waals surface area contributed by atoms with Gasteiger partial charge in [-0.15, -0.1) is 0 Å². The molecule has 30 heavy (non-hydrogen) atoms. The molecular formula is C25H29N4O+. The van der Waals surface area contributed by atoms with Crippen molar-refractivity contribution in [2.24, 2.45) is 0 Å². The zero-order valence-corrected chi connectivity index (χ0v) is 17.9. The molecule has 0 fully saturated rings.